The fourth-order valence-corrected chi connectivity index (χ4v) is 5.43. The van der Waals surface area contributed by atoms with E-state index in [4.69, 9.17) is 0 Å². The minimum atomic E-state index is 0.420. The van der Waals surface area contributed by atoms with Crippen molar-refractivity contribution in [2.24, 2.45) is 5.92 Å². The second-order valence-corrected chi connectivity index (χ2v) is 10.3. The first kappa shape index (κ1) is 25.5. The molecule has 0 saturated carbocycles. The molecule has 0 aliphatic heterocycles. The third kappa shape index (κ3) is 5.77. The van der Waals surface area contributed by atoms with Crippen molar-refractivity contribution in [1.82, 2.24) is 0 Å². The van der Waals surface area contributed by atoms with Gasteiger partial charge in [-0.1, -0.05) is 109 Å². The fourth-order valence-electron chi connectivity index (χ4n) is 5.43. The Morgan fingerprint density at radius 1 is 0.550 bits per heavy atom. The van der Waals surface area contributed by atoms with Crippen LogP contribution >= 0.6 is 0 Å². The molecule has 1 atom stereocenters. The second-order valence-electron chi connectivity index (χ2n) is 10.3. The first-order chi connectivity index (χ1) is 19.7. The van der Waals surface area contributed by atoms with Gasteiger partial charge in [0.2, 0.25) is 0 Å². The largest absolute Gasteiger partial charge is 0.345 e. The van der Waals surface area contributed by atoms with Crippen molar-refractivity contribution in [3.05, 3.63) is 163 Å². The Kier molecular flexibility index (Phi) is 7.59. The highest BCUT2D eigenvalue weighted by molar-refractivity contribution is 5.76. The summed E-state index contributed by atoms with van der Waals surface area (Å²) in [5.74, 6) is 0.420. The second kappa shape index (κ2) is 11.9. The van der Waals surface area contributed by atoms with Crippen molar-refractivity contribution in [2.75, 3.05) is 23.4 Å². The van der Waals surface area contributed by atoms with E-state index in [9.17, 15) is 0 Å². The summed E-state index contributed by atoms with van der Waals surface area (Å²) in [6, 6.07) is 49.7. The van der Waals surface area contributed by atoms with Crippen LogP contribution in [-0.2, 0) is 0 Å². The molecule has 0 heterocycles. The monoisotopic (exact) mass is 518 g/mol. The minimum absolute atomic E-state index is 0.420. The van der Waals surface area contributed by atoms with Gasteiger partial charge in [0.25, 0.3) is 0 Å². The van der Waals surface area contributed by atoms with E-state index in [0.717, 1.165) is 18.7 Å². The molecule has 0 spiro atoms. The standard InChI is InChI=1S/C38H34N2/c1-39(38-22-12-19-34(28-38)32-16-7-3-8-17-32)35-23-25-37(26-24-35)40(36-20-9-4-10-21-36)29-30-13-11-18-33(27-30)31-14-5-2-6-15-31/h2-12,14-28,30H,13,29H2,1H3. The number of rotatable bonds is 8. The van der Waals surface area contributed by atoms with Crippen LogP contribution in [0, 0.1) is 5.92 Å². The predicted molar refractivity (Wildman–Crippen MR) is 171 cm³/mol. The minimum Gasteiger partial charge on any atom is -0.345 e. The summed E-state index contributed by atoms with van der Waals surface area (Å²) in [6.07, 6.45) is 8.05. The molecule has 5 aromatic rings. The first-order valence-electron chi connectivity index (χ1n) is 14.0. The van der Waals surface area contributed by atoms with E-state index in [-0.39, 0.29) is 0 Å². The predicted octanol–water partition coefficient (Wildman–Crippen LogP) is 9.92. The van der Waals surface area contributed by atoms with Crippen LogP contribution in [-0.4, -0.2) is 13.6 Å². The average molecular weight is 519 g/mol. The normalized spacial score (nSPS) is 14.4. The van der Waals surface area contributed by atoms with Crippen LogP contribution in [0.15, 0.2) is 158 Å². The lowest BCUT2D eigenvalue weighted by Crippen LogP contribution is -2.25. The molecule has 40 heavy (non-hydrogen) atoms. The number of allylic oxidation sites excluding steroid dienone is 3. The van der Waals surface area contributed by atoms with Crippen molar-refractivity contribution in [1.29, 1.82) is 0 Å². The van der Waals surface area contributed by atoms with E-state index in [2.05, 4.69) is 175 Å². The smallest absolute Gasteiger partial charge is 0.0414 e. The molecule has 2 nitrogen and oxygen atoms in total. The third-order valence-corrected chi connectivity index (χ3v) is 7.63. The molecule has 0 bridgehead atoms. The van der Waals surface area contributed by atoms with E-state index in [1.807, 2.05) is 0 Å². The Balaban J connectivity index is 1.25. The molecule has 2 heteroatoms. The maximum absolute atomic E-state index is 2.45. The topological polar surface area (TPSA) is 6.48 Å². The zero-order chi connectivity index (χ0) is 27.1. The molecule has 6 rings (SSSR count). The first-order valence-corrected chi connectivity index (χ1v) is 14.0. The Hall–Kier alpha value is -4.82. The summed E-state index contributed by atoms with van der Waals surface area (Å²) in [4.78, 5) is 4.70. The molecule has 0 aromatic heterocycles. The quantitative estimate of drug-likeness (QED) is 0.202. The molecule has 0 saturated heterocycles. The maximum atomic E-state index is 2.45. The average Bonchev–Trinajstić information content (AvgIpc) is 3.05. The summed E-state index contributed by atoms with van der Waals surface area (Å²) in [5.41, 5.74) is 9.78. The van der Waals surface area contributed by atoms with Gasteiger partial charge in [-0.05, 0) is 83.1 Å². The van der Waals surface area contributed by atoms with E-state index in [0.29, 0.717) is 5.92 Å². The lowest BCUT2D eigenvalue weighted by atomic mass is 9.91. The number of hydrogen-bond donors (Lipinski definition) is 0. The van der Waals surface area contributed by atoms with Crippen LogP contribution in [0.2, 0.25) is 0 Å². The van der Waals surface area contributed by atoms with Crippen molar-refractivity contribution in [3.8, 4) is 11.1 Å². The van der Waals surface area contributed by atoms with Crippen LogP contribution in [0.25, 0.3) is 16.7 Å². The van der Waals surface area contributed by atoms with E-state index in [1.165, 1.54) is 39.3 Å². The summed E-state index contributed by atoms with van der Waals surface area (Å²) >= 11 is 0. The van der Waals surface area contributed by atoms with Gasteiger partial charge in [-0.25, -0.2) is 0 Å². The zero-order valence-electron chi connectivity index (χ0n) is 22.9. The van der Waals surface area contributed by atoms with Gasteiger partial charge < -0.3 is 9.80 Å². The van der Waals surface area contributed by atoms with Crippen molar-refractivity contribution < 1.29 is 0 Å². The number of nitrogens with zero attached hydrogens (tertiary/aromatic N) is 2. The Bertz CT molecular complexity index is 1590. The molecular formula is C38H34N2. The van der Waals surface area contributed by atoms with Crippen LogP contribution in [0.3, 0.4) is 0 Å². The number of para-hydroxylation sites is 1. The summed E-state index contributed by atoms with van der Waals surface area (Å²) in [5, 5.41) is 0. The molecule has 0 radical (unpaired) electrons. The van der Waals surface area contributed by atoms with Gasteiger partial charge in [-0.3, -0.25) is 0 Å². The Morgan fingerprint density at radius 2 is 1.10 bits per heavy atom. The molecule has 196 valence electrons. The number of anilines is 4. The molecule has 1 aliphatic carbocycles. The summed E-state index contributed by atoms with van der Waals surface area (Å²) in [7, 11) is 2.14. The fraction of sp³-hybridized carbons (Fsp3) is 0.105. The van der Waals surface area contributed by atoms with Crippen LogP contribution < -0.4 is 9.80 Å². The van der Waals surface area contributed by atoms with Crippen LogP contribution in [0.4, 0.5) is 22.7 Å². The zero-order valence-corrected chi connectivity index (χ0v) is 22.9. The van der Waals surface area contributed by atoms with E-state index in [1.54, 1.807) is 0 Å². The van der Waals surface area contributed by atoms with Crippen LogP contribution in [0.1, 0.15) is 12.0 Å². The van der Waals surface area contributed by atoms with Crippen molar-refractivity contribution >= 4 is 28.3 Å². The van der Waals surface area contributed by atoms with Gasteiger partial charge >= 0.3 is 0 Å². The van der Waals surface area contributed by atoms with Crippen molar-refractivity contribution in [3.63, 3.8) is 0 Å². The van der Waals surface area contributed by atoms with Gasteiger partial charge in [0, 0.05) is 36.3 Å². The van der Waals surface area contributed by atoms with E-state index < -0.39 is 0 Å². The third-order valence-electron chi connectivity index (χ3n) is 7.63. The molecule has 5 aromatic carbocycles. The summed E-state index contributed by atoms with van der Waals surface area (Å²) < 4.78 is 0. The summed E-state index contributed by atoms with van der Waals surface area (Å²) in [6.45, 7) is 0.916. The van der Waals surface area contributed by atoms with Gasteiger partial charge in [0.05, 0.1) is 0 Å². The number of benzene rings is 5. The van der Waals surface area contributed by atoms with Gasteiger partial charge in [-0.15, -0.1) is 0 Å². The molecule has 1 unspecified atom stereocenters. The van der Waals surface area contributed by atoms with Gasteiger partial charge in [-0.2, -0.15) is 0 Å². The molecule has 0 fully saturated rings. The van der Waals surface area contributed by atoms with E-state index >= 15 is 0 Å². The van der Waals surface area contributed by atoms with Crippen molar-refractivity contribution in [2.45, 2.75) is 6.42 Å². The molecule has 1 aliphatic rings. The highest BCUT2D eigenvalue weighted by Crippen LogP contribution is 2.34. The molecule has 0 N–H and O–H groups in total. The molecule has 0 amide bonds. The Morgan fingerprint density at radius 3 is 1.80 bits per heavy atom. The molecular weight excluding hydrogens is 484 g/mol. The maximum Gasteiger partial charge on any atom is 0.0414 e. The van der Waals surface area contributed by atoms with Crippen LogP contribution in [0.5, 0.6) is 0 Å². The Labute approximate surface area is 238 Å². The SMILES string of the molecule is CN(c1ccc(N(CC2C=C(c3ccccc3)C=CC2)c2ccccc2)cc1)c1cccc(-c2ccccc2)c1. The highest BCUT2D eigenvalue weighted by atomic mass is 15.1. The van der Waals surface area contributed by atoms with Gasteiger partial charge in [0.1, 0.15) is 0 Å². The highest BCUT2D eigenvalue weighted by Gasteiger charge is 2.18. The van der Waals surface area contributed by atoms with Gasteiger partial charge in [0.15, 0.2) is 0 Å². The lowest BCUT2D eigenvalue weighted by Gasteiger charge is -2.30. The number of hydrogen-bond acceptors (Lipinski definition) is 2. The lowest BCUT2D eigenvalue weighted by molar-refractivity contribution is 0.659.